The van der Waals surface area contributed by atoms with Crippen LogP contribution in [0, 0.1) is 0 Å². The summed E-state index contributed by atoms with van der Waals surface area (Å²) in [6.45, 7) is 4.73. The third kappa shape index (κ3) is 17.5. The fourth-order valence-electron chi connectivity index (χ4n) is 0.632. The van der Waals surface area contributed by atoms with Crippen molar-refractivity contribution in [1.29, 1.82) is 0 Å². The Hall–Kier alpha value is -0.610. The van der Waals surface area contributed by atoms with Crippen LogP contribution in [-0.2, 0) is 4.79 Å². The van der Waals surface area contributed by atoms with Gasteiger partial charge >= 0.3 is 5.97 Å². The monoisotopic (exact) mass is 206 g/mol. The molecule has 0 fully saturated rings. The number of nitrogens with zero attached hydrogens (tertiary/aromatic N) is 1. The van der Waals surface area contributed by atoms with Crippen LogP contribution in [0.5, 0.6) is 0 Å². The van der Waals surface area contributed by atoms with Crippen molar-refractivity contribution in [2.45, 2.75) is 32.8 Å². The van der Waals surface area contributed by atoms with Crippen LogP contribution in [0.4, 0.5) is 0 Å². The molecule has 0 aromatic carbocycles. The van der Waals surface area contributed by atoms with Gasteiger partial charge in [-0.3, -0.25) is 0 Å². The Kier molecular flexibility index (Phi) is 8.79. The minimum absolute atomic E-state index is 1.10. The van der Waals surface area contributed by atoms with Gasteiger partial charge in [-0.15, -0.1) is 0 Å². The normalized spacial score (nSPS) is 12.7. The van der Waals surface area contributed by atoms with E-state index in [9.17, 15) is 4.79 Å². The molecule has 0 heterocycles. The predicted molar refractivity (Wildman–Crippen MR) is 57.1 cm³/mol. The maximum absolute atomic E-state index is 9.45. The van der Waals surface area contributed by atoms with E-state index in [1.807, 2.05) is 0 Å². The number of hydrogen-bond donors (Lipinski definition) is 2. The van der Waals surface area contributed by atoms with Crippen LogP contribution in [0.1, 0.15) is 26.7 Å². The molecule has 0 amide bonds. The molecule has 0 aliphatic rings. The molecule has 0 saturated heterocycles. The Morgan fingerprint density at radius 2 is 1.71 bits per heavy atom. The Morgan fingerprint density at radius 3 is 1.79 bits per heavy atom. The number of carboxylic acid groups (broad SMARTS) is 1. The average molecular weight is 206 g/mol. The third-order valence-electron chi connectivity index (χ3n) is 1.54. The zero-order valence-electron chi connectivity index (χ0n) is 9.95. The summed E-state index contributed by atoms with van der Waals surface area (Å²) in [5, 5.41) is 15.8. The molecule has 0 spiro atoms. The van der Waals surface area contributed by atoms with Crippen LogP contribution in [0.3, 0.4) is 0 Å². The lowest BCUT2D eigenvalue weighted by molar-refractivity contribution is -0.870. The van der Waals surface area contributed by atoms with Gasteiger partial charge in [-0.1, -0.05) is 13.3 Å². The minimum Gasteiger partial charge on any atom is -0.479 e. The number of carbonyl (C=O) groups is 1. The van der Waals surface area contributed by atoms with E-state index < -0.39 is 12.1 Å². The van der Waals surface area contributed by atoms with Crippen molar-refractivity contribution >= 4 is 5.97 Å². The fourth-order valence-corrected chi connectivity index (χ4v) is 0.632. The highest BCUT2D eigenvalue weighted by Gasteiger charge is 2.03. The van der Waals surface area contributed by atoms with Gasteiger partial charge in [0, 0.05) is 0 Å². The minimum atomic E-state index is -1.23. The summed E-state index contributed by atoms with van der Waals surface area (Å²) >= 11 is 0. The van der Waals surface area contributed by atoms with Gasteiger partial charge in [0.15, 0.2) is 0 Å². The SMILES string of the molecule is CC(O)C(=O)O.CCCC[N+](C)(C)C. The lowest BCUT2D eigenvalue weighted by Gasteiger charge is -2.23. The Labute approximate surface area is 86.7 Å². The Bertz CT molecular complexity index is 150. The Balaban J connectivity index is 0. The molecule has 0 radical (unpaired) electrons. The van der Waals surface area contributed by atoms with Crippen molar-refractivity contribution < 1.29 is 19.5 Å². The first kappa shape index (κ1) is 15.8. The molecule has 0 aromatic heterocycles. The van der Waals surface area contributed by atoms with Crippen LogP contribution >= 0.6 is 0 Å². The molecule has 4 heteroatoms. The van der Waals surface area contributed by atoms with Crippen LogP contribution in [0.2, 0.25) is 0 Å². The number of unbranched alkanes of at least 4 members (excludes halogenated alkanes) is 1. The van der Waals surface area contributed by atoms with Crippen molar-refractivity contribution in [1.82, 2.24) is 0 Å². The second-order valence-electron chi connectivity index (χ2n) is 4.38. The van der Waals surface area contributed by atoms with Crippen LogP contribution in [-0.4, -0.2) is 54.5 Å². The third-order valence-corrected chi connectivity index (χ3v) is 1.54. The van der Waals surface area contributed by atoms with Crippen LogP contribution < -0.4 is 0 Å². The van der Waals surface area contributed by atoms with Crippen molar-refractivity contribution in [3.8, 4) is 0 Å². The molecule has 14 heavy (non-hydrogen) atoms. The van der Waals surface area contributed by atoms with Crippen molar-refractivity contribution in [2.75, 3.05) is 27.7 Å². The number of quaternary nitrogens is 1. The number of rotatable bonds is 4. The number of hydrogen-bond acceptors (Lipinski definition) is 2. The highest BCUT2D eigenvalue weighted by atomic mass is 16.4. The summed E-state index contributed by atoms with van der Waals surface area (Å²) in [4.78, 5) is 9.45. The highest BCUT2D eigenvalue weighted by molar-refractivity contribution is 5.71. The van der Waals surface area contributed by atoms with E-state index in [1.165, 1.54) is 26.3 Å². The summed E-state index contributed by atoms with van der Waals surface area (Å²) < 4.78 is 1.10. The van der Waals surface area contributed by atoms with Gasteiger partial charge in [-0.25, -0.2) is 4.79 Å². The molecule has 1 unspecified atom stereocenters. The van der Waals surface area contributed by atoms with Gasteiger partial charge in [0.2, 0.25) is 0 Å². The molecule has 0 aliphatic carbocycles. The number of aliphatic hydroxyl groups excluding tert-OH is 1. The summed E-state index contributed by atoms with van der Waals surface area (Å²) in [7, 11) is 6.70. The first-order chi connectivity index (χ1) is 6.20. The maximum Gasteiger partial charge on any atom is 0.332 e. The first-order valence-electron chi connectivity index (χ1n) is 4.92. The van der Waals surface area contributed by atoms with Crippen molar-refractivity contribution in [3.05, 3.63) is 0 Å². The fraction of sp³-hybridized carbons (Fsp3) is 0.900. The van der Waals surface area contributed by atoms with E-state index >= 15 is 0 Å². The first-order valence-corrected chi connectivity index (χ1v) is 4.92. The second kappa shape index (κ2) is 7.76. The molecule has 1 atom stereocenters. The standard InChI is InChI=1S/C7H18N.C3H6O3/c1-5-6-7-8(2,3)4;1-2(4)3(5)6/h5-7H2,1-4H3;2,4H,1H3,(H,5,6)/q+1;. The van der Waals surface area contributed by atoms with E-state index in [2.05, 4.69) is 28.1 Å². The molecule has 4 nitrogen and oxygen atoms in total. The molecule has 86 valence electrons. The maximum atomic E-state index is 9.45. The summed E-state index contributed by atoms with van der Waals surface area (Å²) in [5.41, 5.74) is 0. The topological polar surface area (TPSA) is 57.5 Å². The molecule has 0 aromatic rings. The van der Waals surface area contributed by atoms with E-state index in [-0.39, 0.29) is 0 Å². The van der Waals surface area contributed by atoms with Gasteiger partial charge in [-0.2, -0.15) is 0 Å². The highest BCUT2D eigenvalue weighted by Crippen LogP contribution is 1.95. The second-order valence-corrected chi connectivity index (χ2v) is 4.38. The van der Waals surface area contributed by atoms with E-state index in [1.54, 1.807) is 0 Å². The summed E-state index contributed by atoms with van der Waals surface area (Å²) in [5.74, 6) is -1.19. The van der Waals surface area contributed by atoms with E-state index in [0.29, 0.717) is 0 Å². The van der Waals surface area contributed by atoms with Gasteiger partial charge in [0.05, 0.1) is 27.7 Å². The molecule has 2 N–H and O–H groups in total. The molecular weight excluding hydrogens is 182 g/mol. The molecule has 0 rings (SSSR count). The summed E-state index contributed by atoms with van der Waals surface area (Å²) in [6, 6.07) is 0. The average Bonchev–Trinajstić information content (AvgIpc) is 2.00. The lowest BCUT2D eigenvalue weighted by atomic mass is 10.3. The smallest absolute Gasteiger partial charge is 0.332 e. The zero-order chi connectivity index (χ0) is 11.8. The van der Waals surface area contributed by atoms with Crippen LogP contribution in [0.15, 0.2) is 0 Å². The zero-order valence-corrected chi connectivity index (χ0v) is 9.95. The van der Waals surface area contributed by atoms with Gasteiger partial charge in [0.1, 0.15) is 6.10 Å². The summed E-state index contributed by atoms with van der Waals surface area (Å²) in [6.07, 6.45) is 1.43. The molecule has 0 bridgehead atoms. The predicted octanol–water partition coefficient (Wildman–Crippen LogP) is 0.944. The van der Waals surface area contributed by atoms with Crippen LogP contribution in [0.25, 0.3) is 0 Å². The molecule has 0 saturated carbocycles. The lowest BCUT2D eigenvalue weighted by Crippen LogP contribution is -2.35. The number of carboxylic acids is 1. The molecule has 0 aliphatic heterocycles. The van der Waals surface area contributed by atoms with Crippen molar-refractivity contribution in [2.24, 2.45) is 0 Å². The van der Waals surface area contributed by atoms with Crippen molar-refractivity contribution in [3.63, 3.8) is 0 Å². The quantitative estimate of drug-likeness (QED) is 0.673. The van der Waals surface area contributed by atoms with Gasteiger partial charge in [0.25, 0.3) is 0 Å². The largest absolute Gasteiger partial charge is 0.479 e. The number of aliphatic carboxylic acids is 1. The molecular formula is C10H24NO3+. The number of aliphatic hydroxyl groups is 1. The van der Waals surface area contributed by atoms with Gasteiger partial charge < -0.3 is 14.7 Å². The van der Waals surface area contributed by atoms with E-state index in [4.69, 9.17) is 10.2 Å². The van der Waals surface area contributed by atoms with Gasteiger partial charge in [-0.05, 0) is 13.3 Å². The Morgan fingerprint density at radius 1 is 1.36 bits per heavy atom. The van der Waals surface area contributed by atoms with E-state index in [0.717, 1.165) is 4.48 Å².